The zero-order chi connectivity index (χ0) is 16.0. The Bertz CT molecular complexity index is 701. The number of carbonyl (C=O) groups is 1. The first-order valence-electron chi connectivity index (χ1n) is 7.45. The highest BCUT2D eigenvalue weighted by Gasteiger charge is 2.44. The summed E-state index contributed by atoms with van der Waals surface area (Å²) in [7, 11) is -3.42. The van der Waals surface area contributed by atoms with Crippen molar-refractivity contribution >= 4 is 27.3 Å². The van der Waals surface area contributed by atoms with Gasteiger partial charge in [-0.1, -0.05) is 6.07 Å². The van der Waals surface area contributed by atoms with Crippen LogP contribution in [0.3, 0.4) is 0 Å². The lowest BCUT2D eigenvalue weighted by Gasteiger charge is -2.35. The van der Waals surface area contributed by atoms with Crippen molar-refractivity contribution in [3.05, 3.63) is 23.8 Å². The highest BCUT2D eigenvalue weighted by molar-refractivity contribution is 7.92. The summed E-state index contributed by atoms with van der Waals surface area (Å²) in [6.07, 6.45) is 5.83. The predicted octanol–water partition coefficient (Wildman–Crippen LogP) is 1.54. The molecule has 0 aromatic heterocycles. The van der Waals surface area contributed by atoms with Gasteiger partial charge in [0.2, 0.25) is 10.0 Å². The van der Waals surface area contributed by atoms with Crippen molar-refractivity contribution < 1.29 is 13.2 Å². The van der Waals surface area contributed by atoms with Crippen LogP contribution in [0.25, 0.3) is 0 Å². The van der Waals surface area contributed by atoms with Crippen molar-refractivity contribution in [3.8, 4) is 0 Å². The molecule has 0 radical (unpaired) electrons. The minimum Gasteiger partial charge on any atom is -0.369 e. The average Bonchev–Trinajstić information content (AvgIpc) is 3.17. The SMILES string of the molecule is CS(=O)(=O)Nc1cccc(C(N)=O)c1N1CCC2(CC1)CC2. The molecular formula is C15H21N3O3S. The second-order valence-corrected chi connectivity index (χ2v) is 8.18. The molecule has 7 heteroatoms. The number of nitrogens with one attached hydrogen (secondary N) is 1. The summed E-state index contributed by atoms with van der Waals surface area (Å²) < 4.78 is 25.7. The van der Waals surface area contributed by atoms with Gasteiger partial charge in [-0.2, -0.15) is 0 Å². The molecule has 22 heavy (non-hydrogen) atoms. The predicted molar refractivity (Wildman–Crippen MR) is 86.5 cm³/mol. The summed E-state index contributed by atoms with van der Waals surface area (Å²) >= 11 is 0. The Morgan fingerprint density at radius 2 is 1.86 bits per heavy atom. The zero-order valence-electron chi connectivity index (χ0n) is 12.6. The summed E-state index contributed by atoms with van der Waals surface area (Å²) in [6, 6.07) is 4.96. The number of piperidine rings is 1. The van der Waals surface area contributed by atoms with Crippen molar-refractivity contribution in [1.29, 1.82) is 0 Å². The van der Waals surface area contributed by atoms with Crippen LogP contribution < -0.4 is 15.4 Å². The fourth-order valence-electron chi connectivity index (χ4n) is 3.25. The Balaban J connectivity index is 1.97. The van der Waals surface area contributed by atoms with Gasteiger partial charge < -0.3 is 10.6 Å². The molecule has 1 aliphatic heterocycles. The van der Waals surface area contributed by atoms with Crippen LogP contribution in [-0.4, -0.2) is 33.7 Å². The Kier molecular flexibility index (Phi) is 3.55. The van der Waals surface area contributed by atoms with Crippen molar-refractivity contribution in [2.24, 2.45) is 11.1 Å². The van der Waals surface area contributed by atoms with Crippen molar-refractivity contribution in [3.63, 3.8) is 0 Å². The van der Waals surface area contributed by atoms with Crippen LogP contribution in [0.5, 0.6) is 0 Å². The van der Waals surface area contributed by atoms with E-state index < -0.39 is 15.9 Å². The molecule has 1 aliphatic carbocycles. The molecule has 3 N–H and O–H groups in total. The van der Waals surface area contributed by atoms with Gasteiger partial charge in [0, 0.05) is 13.1 Å². The maximum Gasteiger partial charge on any atom is 0.250 e. The number of rotatable bonds is 4. The molecule has 120 valence electrons. The molecule has 1 spiro atoms. The third-order valence-corrected chi connectivity index (χ3v) is 5.28. The summed E-state index contributed by atoms with van der Waals surface area (Å²) in [5.41, 5.74) is 7.37. The van der Waals surface area contributed by atoms with Gasteiger partial charge in [-0.25, -0.2) is 8.42 Å². The van der Waals surface area contributed by atoms with E-state index in [4.69, 9.17) is 5.73 Å². The number of nitrogens with zero attached hydrogens (tertiary/aromatic N) is 1. The van der Waals surface area contributed by atoms with Crippen LogP contribution in [0.4, 0.5) is 11.4 Å². The third kappa shape index (κ3) is 3.04. The molecule has 1 amide bonds. The zero-order valence-corrected chi connectivity index (χ0v) is 13.4. The van der Waals surface area contributed by atoms with Crippen LogP contribution in [-0.2, 0) is 10.0 Å². The van der Waals surface area contributed by atoms with Gasteiger partial charge >= 0.3 is 0 Å². The summed E-state index contributed by atoms with van der Waals surface area (Å²) in [5.74, 6) is -0.543. The van der Waals surface area contributed by atoms with E-state index in [9.17, 15) is 13.2 Å². The maximum atomic E-state index is 11.7. The Morgan fingerprint density at radius 3 is 2.36 bits per heavy atom. The van der Waals surface area contributed by atoms with E-state index in [2.05, 4.69) is 9.62 Å². The fourth-order valence-corrected chi connectivity index (χ4v) is 3.81. The lowest BCUT2D eigenvalue weighted by atomic mass is 9.93. The molecule has 1 saturated carbocycles. The number of amides is 1. The number of carbonyl (C=O) groups excluding carboxylic acids is 1. The van der Waals surface area contributed by atoms with Crippen LogP contribution in [0.15, 0.2) is 18.2 Å². The number of primary amides is 1. The highest BCUT2D eigenvalue weighted by Crippen LogP contribution is 2.54. The van der Waals surface area contributed by atoms with Gasteiger partial charge in [-0.15, -0.1) is 0 Å². The molecule has 3 rings (SSSR count). The summed E-state index contributed by atoms with van der Waals surface area (Å²) in [5, 5.41) is 0. The monoisotopic (exact) mass is 323 g/mol. The van der Waals surface area contributed by atoms with E-state index in [1.165, 1.54) is 12.8 Å². The number of hydrogen-bond acceptors (Lipinski definition) is 4. The molecule has 6 nitrogen and oxygen atoms in total. The van der Waals surface area contributed by atoms with Gasteiger partial charge in [0.25, 0.3) is 5.91 Å². The van der Waals surface area contributed by atoms with E-state index in [1.807, 2.05) is 0 Å². The standard InChI is InChI=1S/C15H21N3O3S/c1-22(20,21)17-12-4-2-3-11(14(16)19)13(12)18-9-7-15(5-6-15)8-10-18/h2-4,17H,5-10H2,1H3,(H2,16,19). The highest BCUT2D eigenvalue weighted by atomic mass is 32.2. The molecule has 2 aliphatic rings. The largest absolute Gasteiger partial charge is 0.369 e. The fraction of sp³-hybridized carbons (Fsp3) is 0.533. The quantitative estimate of drug-likeness (QED) is 0.879. The topological polar surface area (TPSA) is 92.5 Å². The van der Waals surface area contributed by atoms with Crippen LogP contribution in [0.2, 0.25) is 0 Å². The normalized spacial score (nSPS) is 20.0. The van der Waals surface area contributed by atoms with E-state index in [1.54, 1.807) is 18.2 Å². The Morgan fingerprint density at radius 1 is 1.23 bits per heavy atom. The minimum absolute atomic E-state index is 0.361. The molecule has 2 fully saturated rings. The lowest BCUT2D eigenvalue weighted by molar-refractivity contribution is 0.100. The lowest BCUT2D eigenvalue weighted by Crippen LogP contribution is -2.36. The van der Waals surface area contributed by atoms with Gasteiger partial charge in [0.1, 0.15) is 0 Å². The van der Waals surface area contributed by atoms with E-state index >= 15 is 0 Å². The summed E-state index contributed by atoms with van der Waals surface area (Å²) in [4.78, 5) is 13.8. The smallest absolute Gasteiger partial charge is 0.250 e. The van der Waals surface area contributed by atoms with Gasteiger partial charge in [0.05, 0.1) is 23.2 Å². The van der Waals surface area contributed by atoms with Crippen LogP contribution >= 0.6 is 0 Å². The molecule has 1 aromatic carbocycles. The number of hydrogen-bond donors (Lipinski definition) is 2. The number of benzene rings is 1. The van der Waals surface area contributed by atoms with E-state index in [0.717, 1.165) is 32.2 Å². The van der Waals surface area contributed by atoms with E-state index in [0.29, 0.717) is 22.4 Å². The number of anilines is 2. The van der Waals surface area contributed by atoms with E-state index in [-0.39, 0.29) is 0 Å². The molecular weight excluding hydrogens is 302 g/mol. The first-order chi connectivity index (χ1) is 10.3. The second kappa shape index (κ2) is 5.15. The molecule has 1 saturated heterocycles. The maximum absolute atomic E-state index is 11.7. The Hall–Kier alpha value is -1.76. The first-order valence-corrected chi connectivity index (χ1v) is 9.34. The van der Waals surface area contributed by atoms with Crippen LogP contribution in [0, 0.1) is 5.41 Å². The van der Waals surface area contributed by atoms with Crippen molar-refractivity contribution in [1.82, 2.24) is 0 Å². The van der Waals surface area contributed by atoms with Crippen molar-refractivity contribution in [2.75, 3.05) is 29.0 Å². The molecule has 0 unspecified atom stereocenters. The number of nitrogens with two attached hydrogens (primary N) is 1. The molecule has 0 atom stereocenters. The van der Waals surface area contributed by atoms with Gasteiger partial charge in [-0.3, -0.25) is 9.52 Å². The van der Waals surface area contributed by atoms with Gasteiger partial charge in [-0.05, 0) is 43.2 Å². The average molecular weight is 323 g/mol. The molecule has 1 aromatic rings. The number of para-hydroxylation sites is 1. The van der Waals surface area contributed by atoms with Gasteiger partial charge in [0.15, 0.2) is 0 Å². The Labute approximate surface area is 130 Å². The molecule has 0 bridgehead atoms. The van der Waals surface area contributed by atoms with Crippen molar-refractivity contribution in [2.45, 2.75) is 25.7 Å². The molecule has 1 heterocycles. The number of sulfonamides is 1. The first kappa shape index (κ1) is 15.1. The second-order valence-electron chi connectivity index (χ2n) is 6.43. The van der Waals surface area contributed by atoms with Crippen LogP contribution in [0.1, 0.15) is 36.0 Å². The summed E-state index contributed by atoms with van der Waals surface area (Å²) in [6.45, 7) is 1.64. The minimum atomic E-state index is -3.42. The third-order valence-electron chi connectivity index (χ3n) is 4.69.